The molecule has 4 aromatic rings. The van der Waals surface area contributed by atoms with Crippen LogP contribution in [-0.2, 0) is 5.41 Å². The van der Waals surface area contributed by atoms with Gasteiger partial charge in [0.25, 0.3) is 0 Å². The third kappa shape index (κ3) is 11.2. The molecule has 0 spiro atoms. The Morgan fingerprint density at radius 1 is 0.404 bits per heavy atom. The van der Waals surface area contributed by atoms with E-state index in [0.717, 1.165) is 11.4 Å². The van der Waals surface area contributed by atoms with Crippen LogP contribution < -0.4 is 11.5 Å². The summed E-state index contributed by atoms with van der Waals surface area (Å²) in [5.41, 5.74) is 22.7. The van der Waals surface area contributed by atoms with Gasteiger partial charge in [-0.3, -0.25) is 0 Å². The molecule has 5 rings (SSSR count). The lowest BCUT2D eigenvalue weighted by molar-refractivity contribution is 0.346. The number of rotatable bonds is 22. The molecule has 0 heterocycles. The van der Waals surface area contributed by atoms with Crippen molar-refractivity contribution in [1.82, 2.24) is 0 Å². The summed E-state index contributed by atoms with van der Waals surface area (Å²) in [7, 11) is 0. The highest BCUT2D eigenvalue weighted by Gasteiger charge is 2.36. The zero-order valence-electron chi connectivity index (χ0n) is 32.9. The van der Waals surface area contributed by atoms with Crippen molar-refractivity contribution in [3.05, 3.63) is 130 Å². The van der Waals surface area contributed by atoms with Gasteiger partial charge in [-0.05, 0) is 83.3 Å². The molecule has 2 unspecified atom stereocenters. The number of nitrogen functional groups attached to an aromatic ring is 2. The van der Waals surface area contributed by atoms with Crippen LogP contribution in [0, 0.1) is 0 Å². The minimum Gasteiger partial charge on any atom is -0.399 e. The van der Waals surface area contributed by atoms with E-state index >= 15 is 0 Å². The SMILES string of the molecule is CCCCCCCCCC(c1ccc(N)cc1)c1ccc(C2(c3ccc(C(CCCCCCCCC)c4ccc(N)cc4)cc3)CCCCC2)cc1. The fourth-order valence-electron chi connectivity index (χ4n) is 9.09. The van der Waals surface area contributed by atoms with Crippen LogP contribution in [0.15, 0.2) is 97.1 Å². The van der Waals surface area contributed by atoms with Crippen molar-refractivity contribution in [1.29, 1.82) is 0 Å². The molecule has 280 valence electrons. The van der Waals surface area contributed by atoms with Crippen LogP contribution in [0.5, 0.6) is 0 Å². The quantitative estimate of drug-likeness (QED) is 0.0634. The van der Waals surface area contributed by atoms with E-state index in [0.29, 0.717) is 11.8 Å². The van der Waals surface area contributed by atoms with Crippen LogP contribution in [0.4, 0.5) is 11.4 Å². The van der Waals surface area contributed by atoms with E-state index < -0.39 is 0 Å². The van der Waals surface area contributed by atoms with Crippen molar-refractivity contribution < 1.29 is 0 Å². The van der Waals surface area contributed by atoms with E-state index in [9.17, 15) is 0 Å². The van der Waals surface area contributed by atoms with Crippen molar-refractivity contribution in [2.45, 2.75) is 166 Å². The Morgan fingerprint density at radius 3 is 1.06 bits per heavy atom. The lowest BCUT2D eigenvalue weighted by atomic mass is 9.65. The summed E-state index contributed by atoms with van der Waals surface area (Å²) in [6.45, 7) is 4.60. The summed E-state index contributed by atoms with van der Waals surface area (Å²) >= 11 is 0. The second-order valence-corrected chi connectivity index (χ2v) is 16.1. The van der Waals surface area contributed by atoms with Crippen LogP contribution in [-0.4, -0.2) is 0 Å². The van der Waals surface area contributed by atoms with Gasteiger partial charge >= 0.3 is 0 Å². The van der Waals surface area contributed by atoms with Crippen molar-refractivity contribution >= 4 is 11.4 Å². The minimum atomic E-state index is 0.0830. The molecule has 1 saturated carbocycles. The number of hydrogen-bond acceptors (Lipinski definition) is 2. The van der Waals surface area contributed by atoms with Gasteiger partial charge in [-0.1, -0.05) is 196 Å². The van der Waals surface area contributed by atoms with Gasteiger partial charge < -0.3 is 11.5 Å². The van der Waals surface area contributed by atoms with E-state index in [1.54, 1.807) is 0 Å². The van der Waals surface area contributed by atoms with E-state index in [-0.39, 0.29) is 5.41 Å². The maximum atomic E-state index is 6.12. The largest absolute Gasteiger partial charge is 0.399 e. The van der Waals surface area contributed by atoms with Gasteiger partial charge in [0.2, 0.25) is 0 Å². The number of benzene rings is 4. The number of hydrogen-bond donors (Lipinski definition) is 2. The van der Waals surface area contributed by atoms with Crippen LogP contribution in [0.2, 0.25) is 0 Å². The molecule has 1 aliphatic rings. The Morgan fingerprint density at radius 2 is 0.712 bits per heavy atom. The molecule has 1 aliphatic carbocycles. The number of anilines is 2. The molecule has 0 amide bonds. The second kappa shape index (κ2) is 21.2. The van der Waals surface area contributed by atoms with Gasteiger partial charge in [-0.15, -0.1) is 0 Å². The highest BCUT2D eigenvalue weighted by molar-refractivity contribution is 5.47. The fraction of sp³-hybridized carbons (Fsp3) is 0.520. The number of unbranched alkanes of at least 4 members (excludes halogenated alkanes) is 12. The summed E-state index contributed by atoms with van der Waals surface area (Å²) in [5.74, 6) is 0.821. The molecule has 0 aromatic heterocycles. The van der Waals surface area contributed by atoms with Crippen LogP contribution in [0.3, 0.4) is 0 Å². The molecule has 4 N–H and O–H groups in total. The molecule has 0 aliphatic heterocycles. The molecule has 0 saturated heterocycles. The number of nitrogens with two attached hydrogens (primary N) is 2. The van der Waals surface area contributed by atoms with E-state index in [2.05, 4.69) is 111 Å². The van der Waals surface area contributed by atoms with Crippen LogP contribution in [0.25, 0.3) is 0 Å². The Kier molecular flexibility index (Phi) is 16.2. The van der Waals surface area contributed by atoms with Gasteiger partial charge in [0.05, 0.1) is 0 Å². The maximum Gasteiger partial charge on any atom is 0.0314 e. The average molecular weight is 699 g/mol. The van der Waals surface area contributed by atoms with Gasteiger partial charge in [0, 0.05) is 28.6 Å². The van der Waals surface area contributed by atoms with Crippen molar-refractivity contribution in [2.75, 3.05) is 11.5 Å². The summed E-state index contributed by atoms with van der Waals surface area (Å²) in [6, 6.07) is 37.1. The van der Waals surface area contributed by atoms with Gasteiger partial charge in [-0.2, -0.15) is 0 Å². The molecule has 0 radical (unpaired) electrons. The predicted octanol–water partition coefficient (Wildman–Crippen LogP) is 14.6. The first-order valence-corrected chi connectivity index (χ1v) is 21.5. The molecule has 1 fully saturated rings. The Bertz CT molecular complexity index is 1420. The Hall–Kier alpha value is -3.52. The topological polar surface area (TPSA) is 52.0 Å². The Labute approximate surface area is 318 Å². The zero-order valence-corrected chi connectivity index (χ0v) is 32.9. The van der Waals surface area contributed by atoms with Gasteiger partial charge in [0.15, 0.2) is 0 Å². The molecular weight excluding hydrogens is 629 g/mol. The molecule has 2 nitrogen and oxygen atoms in total. The average Bonchev–Trinajstić information content (AvgIpc) is 3.18. The van der Waals surface area contributed by atoms with E-state index in [1.165, 1.54) is 168 Å². The second-order valence-electron chi connectivity index (χ2n) is 16.1. The maximum absolute atomic E-state index is 6.12. The predicted molar refractivity (Wildman–Crippen MR) is 227 cm³/mol. The summed E-state index contributed by atoms with van der Waals surface area (Å²) in [6.07, 6.45) is 27.5. The van der Waals surface area contributed by atoms with Crippen LogP contribution in [0.1, 0.15) is 194 Å². The van der Waals surface area contributed by atoms with Crippen molar-refractivity contribution in [3.63, 3.8) is 0 Å². The minimum absolute atomic E-state index is 0.0830. The molecule has 2 heteroatoms. The highest BCUT2D eigenvalue weighted by Crippen LogP contribution is 2.46. The highest BCUT2D eigenvalue weighted by atomic mass is 14.5. The standard InChI is InChI=1S/C50H70N2/c1-3-5-7-9-11-13-16-20-48(42-26-34-46(51)35-27-42)40-22-30-44(31-23-40)50(38-18-15-19-39-50)45-32-24-41(25-33-45)49(43-28-36-47(52)37-29-43)21-17-14-12-10-8-6-4-2/h22-37,48-49H,3-21,38-39,51-52H2,1-2H3. The van der Waals surface area contributed by atoms with Gasteiger partial charge in [0.1, 0.15) is 0 Å². The Balaban J connectivity index is 1.34. The lowest BCUT2D eigenvalue weighted by Gasteiger charge is -2.39. The molecule has 52 heavy (non-hydrogen) atoms. The lowest BCUT2D eigenvalue weighted by Crippen LogP contribution is -2.30. The van der Waals surface area contributed by atoms with Crippen LogP contribution >= 0.6 is 0 Å². The molecule has 2 atom stereocenters. The normalized spacial score (nSPS) is 15.3. The fourth-order valence-corrected chi connectivity index (χ4v) is 9.09. The van der Waals surface area contributed by atoms with E-state index in [4.69, 9.17) is 11.5 Å². The van der Waals surface area contributed by atoms with Gasteiger partial charge in [-0.25, -0.2) is 0 Å². The first-order valence-electron chi connectivity index (χ1n) is 21.5. The first kappa shape index (κ1) is 39.7. The smallest absolute Gasteiger partial charge is 0.0314 e. The summed E-state index contributed by atoms with van der Waals surface area (Å²) in [4.78, 5) is 0. The molecule has 0 bridgehead atoms. The molecular formula is C50H70N2. The summed E-state index contributed by atoms with van der Waals surface area (Å²) in [5, 5.41) is 0. The molecule has 4 aromatic carbocycles. The van der Waals surface area contributed by atoms with Crippen molar-refractivity contribution in [3.8, 4) is 0 Å². The first-order chi connectivity index (χ1) is 25.5. The summed E-state index contributed by atoms with van der Waals surface area (Å²) < 4.78 is 0. The third-order valence-electron chi connectivity index (χ3n) is 12.3. The third-order valence-corrected chi connectivity index (χ3v) is 12.3. The van der Waals surface area contributed by atoms with Crippen molar-refractivity contribution in [2.24, 2.45) is 0 Å². The van der Waals surface area contributed by atoms with E-state index in [1.807, 2.05) is 0 Å². The monoisotopic (exact) mass is 699 g/mol. The zero-order chi connectivity index (χ0) is 36.4.